The average Bonchev–Trinajstić information content (AvgIpc) is 3.14. The maximum absolute atomic E-state index is 12.7. The summed E-state index contributed by atoms with van der Waals surface area (Å²) in [6, 6.07) is 9.19. The number of nitrogens with one attached hydrogen (secondary N) is 1. The van der Waals surface area contributed by atoms with E-state index in [-0.39, 0.29) is 12.5 Å². The number of carbonyl (C=O) groups is 2. The Morgan fingerprint density at radius 3 is 2.60 bits per heavy atom. The smallest absolute Gasteiger partial charge is 0.311 e. The highest BCUT2D eigenvalue weighted by Crippen LogP contribution is 2.36. The zero-order valence-corrected chi connectivity index (χ0v) is 14.1. The van der Waals surface area contributed by atoms with Crippen LogP contribution in [0.3, 0.4) is 0 Å². The van der Waals surface area contributed by atoms with Gasteiger partial charge in [0.25, 0.3) is 5.91 Å². The fourth-order valence-electron chi connectivity index (χ4n) is 3.49. The van der Waals surface area contributed by atoms with E-state index >= 15 is 0 Å². The predicted octanol–water partition coefficient (Wildman–Crippen LogP) is 2.70. The highest BCUT2D eigenvalue weighted by molar-refractivity contribution is 5.96. The molecule has 1 saturated carbocycles. The summed E-state index contributed by atoms with van der Waals surface area (Å²) in [6.45, 7) is 0.679. The quantitative estimate of drug-likeness (QED) is 0.846. The first-order chi connectivity index (χ1) is 12.1. The van der Waals surface area contributed by atoms with Crippen molar-refractivity contribution in [1.82, 2.24) is 15.1 Å². The number of rotatable bonds is 6. The normalized spacial score (nSPS) is 16.3. The largest absolute Gasteiger partial charge is 0.481 e. The van der Waals surface area contributed by atoms with Crippen molar-refractivity contribution < 1.29 is 14.7 Å². The first-order valence-electron chi connectivity index (χ1n) is 8.68. The number of hydrogen-bond donors (Lipinski definition) is 2. The number of aliphatic carboxylic acids is 1. The first-order valence-corrected chi connectivity index (χ1v) is 8.68. The minimum atomic E-state index is -0.829. The Morgan fingerprint density at radius 1 is 1.16 bits per heavy atom. The van der Waals surface area contributed by atoms with Crippen LogP contribution in [0, 0.1) is 5.41 Å². The summed E-state index contributed by atoms with van der Waals surface area (Å²) >= 11 is 0. The molecule has 1 fully saturated rings. The van der Waals surface area contributed by atoms with Gasteiger partial charge in [-0.05, 0) is 30.5 Å². The molecule has 3 rings (SSSR count). The van der Waals surface area contributed by atoms with Crippen LogP contribution in [0.2, 0.25) is 0 Å². The molecule has 2 aromatic rings. The van der Waals surface area contributed by atoms with Crippen molar-refractivity contribution in [1.29, 1.82) is 0 Å². The number of aromatic nitrogens is 2. The second kappa shape index (κ2) is 7.51. The molecule has 1 heterocycles. The summed E-state index contributed by atoms with van der Waals surface area (Å²) in [5, 5.41) is 16.7. The molecule has 25 heavy (non-hydrogen) atoms. The Balaban J connectivity index is 1.72. The highest BCUT2D eigenvalue weighted by Gasteiger charge is 2.39. The molecule has 1 aromatic carbocycles. The van der Waals surface area contributed by atoms with Crippen LogP contribution in [-0.4, -0.2) is 33.3 Å². The molecule has 0 saturated heterocycles. The standard InChI is InChI=1S/C19H23N3O3/c23-17(20-14-19(18(24)25)9-4-1-5-10-19)16-8-3-2-7-15(16)13-22-12-6-11-21-22/h2-3,6-8,11-12H,1,4-5,9-10,13-14H2,(H,20,23)(H,24,25). The Morgan fingerprint density at radius 2 is 1.92 bits per heavy atom. The van der Waals surface area contributed by atoms with E-state index in [1.54, 1.807) is 16.9 Å². The number of amides is 1. The summed E-state index contributed by atoms with van der Waals surface area (Å²) in [5.41, 5.74) is 0.594. The summed E-state index contributed by atoms with van der Waals surface area (Å²) in [6.07, 6.45) is 7.65. The molecule has 1 aromatic heterocycles. The first kappa shape index (κ1) is 17.2. The van der Waals surface area contributed by atoms with Crippen LogP contribution >= 0.6 is 0 Å². The molecule has 0 aliphatic heterocycles. The van der Waals surface area contributed by atoms with E-state index in [0.717, 1.165) is 24.8 Å². The SMILES string of the molecule is O=C(NCC1(C(=O)O)CCCCC1)c1ccccc1Cn1cccn1. The summed E-state index contributed by atoms with van der Waals surface area (Å²) in [7, 11) is 0. The molecule has 6 heteroatoms. The molecule has 6 nitrogen and oxygen atoms in total. The van der Waals surface area contributed by atoms with Crippen LogP contribution in [-0.2, 0) is 11.3 Å². The van der Waals surface area contributed by atoms with Crippen molar-refractivity contribution in [2.24, 2.45) is 5.41 Å². The third kappa shape index (κ3) is 3.90. The maximum Gasteiger partial charge on any atom is 0.311 e. The molecule has 0 unspecified atom stereocenters. The van der Waals surface area contributed by atoms with Gasteiger partial charge in [0, 0.05) is 24.5 Å². The van der Waals surface area contributed by atoms with Gasteiger partial charge in [0.05, 0.1) is 12.0 Å². The number of carboxylic acids is 1. The molecule has 132 valence electrons. The lowest BCUT2D eigenvalue weighted by molar-refractivity contribution is -0.150. The monoisotopic (exact) mass is 341 g/mol. The van der Waals surface area contributed by atoms with E-state index in [0.29, 0.717) is 24.9 Å². The molecule has 0 radical (unpaired) electrons. The summed E-state index contributed by atoms with van der Waals surface area (Å²) in [5.74, 6) is -1.04. The van der Waals surface area contributed by atoms with E-state index < -0.39 is 11.4 Å². The second-order valence-corrected chi connectivity index (χ2v) is 6.69. The maximum atomic E-state index is 12.7. The molecule has 1 amide bonds. The van der Waals surface area contributed by atoms with Gasteiger partial charge in [-0.1, -0.05) is 37.5 Å². The van der Waals surface area contributed by atoms with Gasteiger partial charge in [0.15, 0.2) is 0 Å². The molecule has 0 bridgehead atoms. The molecule has 0 spiro atoms. The average molecular weight is 341 g/mol. The summed E-state index contributed by atoms with van der Waals surface area (Å²) < 4.78 is 1.76. The van der Waals surface area contributed by atoms with E-state index in [9.17, 15) is 14.7 Å². The van der Waals surface area contributed by atoms with Gasteiger partial charge < -0.3 is 10.4 Å². The fraction of sp³-hybridized carbons (Fsp3) is 0.421. The lowest BCUT2D eigenvalue weighted by Gasteiger charge is -2.33. The number of nitrogens with zero attached hydrogens (tertiary/aromatic N) is 2. The number of benzene rings is 1. The van der Waals surface area contributed by atoms with E-state index in [1.165, 1.54) is 0 Å². The van der Waals surface area contributed by atoms with Crippen LogP contribution in [0.1, 0.15) is 48.0 Å². The highest BCUT2D eigenvalue weighted by atomic mass is 16.4. The van der Waals surface area contributed by atoms with Crippen LogP contribution in [0.15, 0.2) is 42.7 Å². The molecule has 1 aliphatic carbocycles. The number of carbonyl (C=O) groups excluding carboxylic acids is 1. The van der Waals surface area contributed by atoms with Gasteiger partial charge in [-0.15, -0.1) is 0 Å². The minimum Gasteiger partial charge on any atom is -0.481 e. The van der Waals surface area contributed by atoms with Gasteiger partial charge in [-0.25, -0.2) is 0 Å². The number of carboxylic acid groups (broad SMARTS) is 1. The molecular formula is C19H23N3O3. The predicted molar refractivity (Wildman–Crippen MR) is 93.3 cm³/mol. The number of hydrogen-bond acceptors (Lipinski definition) is 3. The van der Waals surface area contributed by atoms with Gasteiger partial charge in [0.1, 0.15) is 0 Å². The fourth-order valence-corrected chi connectivity index (χ4v) is 3.49. The van der Waals surface area contributed by atoms with Crippen molar-refractivity contribution in [3.05, 3.63) is 53.9 Å². The Kier molecular flexibility index (Phi) is 5.16. The molecule has 1 aliphatic rings. The van der Waals surface area contributed by atoms with Crippen molar-refractivity contribution in [3.8, 4) is 0 Å². The van der Waals surface area contributed by atoms with Crippen molar-refractivity contribution in [2.75, 3.05) is 6.54 Å². The summed E-state index contributed by atoms with van der Waals surface area (Å²) in [4.78, 5) is 24.4. The zero-order valence-electron chi connectivity index (χ0n) is 14.1. The zero-order chi connectivity index (χ0) is 17.7. The Labute approximate surface area is 146 Å². The van der Waals surface area contributed by atoms with Crippen LogP contribution in [0.5, 0.6) is 0 Å². The van der Waals surface area contributed by atoms with Gasteiger partial charge >= 0.3 is 5.97 Å². The molecule has 2 N–H and O–H groups in total. The van der Waals surface area contributed by atoms with Crippen molar-refractivity contribution in [3.63, 3.8) is 0 Å². The van der Waals surface area contributed by atoms with Gasteiger partial charge in [-0.3, -0.25) is 14.3 Å². The van der Waals surface area contributed by atoms with Gasteiger partial charge in [-0.2, -0.15) is 5.10 Å². The van der Waals surface area contributed by atoms with E-state index in [1.807, 2.05) is 30.5 Å². The lowest BCUT2D eigenvalue weighted by Crippen LogP contribution is -2.44. The topological polar surface area (TPSA) is 84.2 Å². The third-order valence-electron chi connectivity index (χ3n) is 5.01. The minimum absolute atomic E-state index is 0.178. The second-order valence-electron chi connectivity index (χ2n) is 6.69. The van der Waals surface area contributed by atoms with Crippen molar-refractivity contribution in [2.45, 2.75) is 38.6 Å². The Bertz CT molecular complexity index is 734. The third-order valence-corrected chi connectivity index (χ3v) is 5.01. The van der Waals surface area contributed by atoms with Crippen molar-refractivity contribution >= 4 is 11.9 Å². The van der Waals surface area contributed by atoms with Crippen LogP contribution < -0.4 is 5.32 Å². The molecule has 0 atom stereocenters. The molecular weight excluding hydrogens is 318 g/mol. The van der Waals surface area contributed by atoms with Gasteiger partial charge in [0.2, 0.25) is 0 Å². The van der Waals surface area contributed by atoms with E-state index in [2.05, 4.69) is 10.4 Å². The Hall–Kier alpha value is -2.63. The van der Waals surface area contributed by atoms with Crippen LogP contribution in [0.25, 0.3) is 0 Å². The van der Waals surface area contributed by atoms with Crippen LogP contribution in [0.4, 0.5) is 0 Å². The van der Waals surface area contributed by atoms with E-state index in [4.69, 9.17) is 0 Å². The lowest BCUT2D eigenvalue weighted by atomic mass is 9.74.